The second kappa shape index (κ2) is 7.89. The molecule has 1 aromatic heterocycles. The van der Waals surface area contributed by atoms with Gasteiger partial charge in [0.25, 0.3) is 0 Å². The van der Waals surface area contributed by atoms with Crippen LogP contribution in [-0.4, -0.2) is 38.5 Å². The molecule has 1 aliphatic rings. The van der Waals surface area contributed by atoms with Crippen LogP contribution in [0.15, 0.2) is 22.5 Å². The van der Waals surface area contributed by atoms with E-state index in [1.807, 2.05) is 0 Å². The van der Waals surface area contributed by atoms with E-state index in [1.165, 1.54) is 4.88 Å². The summed E-state index contributed by atoms with van der Waals surface area (Å²) in [7, 11) is 1.75. The molecule has 3 N–H and O–H groups in total. The largest absolute Gasteiger partial charge is 0.356 e. The first-order chi connectivity index (χ1) is 9.79. The lowest BCUT2D eigenvalue weighted by Crippen LogP contribution is -2.42. The normalized spacial score (nSPS) is 14.9. The molecule has 0 bridgehead atoms. The zero-order valence-corrected chi connectivity index (χ0v) is 12.6. The highest BCUT2D eigenvalue weighted by Crippen LogP contribution is 2.28. The molecular weight excluding hydrogens is 272 g/mol. The Kier molecular flexibility index (Phi) is 5.86. The molecule has 6 heteroatoms. The van der Waals surface area contributed by atoms with Crippen molar-refractivity contribution in [3.8, 4) is 0 Å². The van der Waals surface area contributed by atoms with Gasteiger partial charge < -0.3 is 16.0 Å². The van der Waals surface area contributed by atoms with Gasteiger partial charge >= 0.3 is 0 Å². The lowest BCUT2D eigenvalue weighted by molar-refractivity contribution is -0.122. The Balaban J connectivity index is 1.54. The van der Waals surface area contributed by atoms with E-state index in [4.69, 9.17) is 0 Å². The second-order valence-corrected chi connectivity index (χ2v) is 5.85. The van der Waals surface area contributed by atoms with Gasteiger partial charge in [0, 0.05) is 37.5 Å². The van der Waals surface area contributed by atoms with Gasteiger partial charge in [0.2, 0.25) is 5.91 Å². The maximum Gasteiger partial charge on any atom is 0.223 e. The van der Waals surface area contributed by atoms with E-state index in [0.717, 1.165) is 31.8 Å². The number of nitrogens with one attached hydrogen (secondary N) is 3. The van der Waals surface area contributed by atoms with Crippen LogP contribution < -0.4 is 16.0 Å². The molecule has 1 fully saturated rings. The van der Waals surface area contributed by atoms with Crippen molar-refractivity contribution in [1.29, 1.82) is 0 Å². The van der Waals surface area contributed by atoms with E-state index >= 15 is 0 Å². The average Bonchev–Trinajstić information content (AvgIpc) is 3.19. The lowest BCUT2D eigenvalue weighted by Gasteiger charge is -2.11. The third-order valence-corrected chi connectivity index (χ3v) is 4.07. The molecule has 1 amide bonds. The van der Waals surface area contributed by atoms with Crippen LogP contribution in [0.2, 0.25) is 0 Å². The van der Waals surface area contributed by atoms with Gasteiger partial charge in [-0.2, -0.15) is 0 Å². The fourth-order valence-electron chi connectivity index (χ4n) is 1.84. The summed E-state index contributed by atoms with van der Waals surface area (Å²) in [6, 6.07) is 4.20. The predicted molar refractivity (Wildman–Crippen MR) is 83.1 cm³/mol. The molecule has 0 unspecified atom stereocenters. The molecule has 0 aromatic carbocycles. The Morgan fingerprint density at radius 1 is 1.30 bits per heavy atom. The molecule has 0 aliphatic heterocycles. The third kappa shape index (κ3) is 5.21. The number of hydrogen-bond donors (Lipinski definition) is 3. The maximum absolute atomic E-state index is 11.4. The highest BCUT2D eigenvalue weighted by Gasteiger charge is 2.28. The van der Waals surface area contributed by atoms with Crippen molar-refractivity contribution in [2.45, 2.75) is 19.3 Å². The number of carbonyl (C=O) groups is 1. The zero-order valence-electron chi connectivity index (χ0n) is 11.8. The molecule has 0 saturated heterocycles. The van der Waals surface area contributed by atoms with E-state index in [2.05, 4.69) is 38.5 Å². The highest BCUT2D eigenvalue weighted by atomic mass is 32.1. The van der Waals surface area contributed by atoms with Gasteiger partial charge in [-0.1, -0.05) is 6.07 Å². The van der Waals surface area contributed by atoms with Crippen molar-refractivity contribution in [3.63, 3.8) is 0 Å². The number of carbonyl (C=O) groups excluding carboxylic acids is 1. The van der Waals surface area contributed by atoms with E-state index in [1.54, 1.807) is 18.4 Å². The summed E-state index contributed by atoms with van der Waals surface area (Å²) >= 11 is 1.77. The number of thiophene rings is 1. The minimum absolute atomic E-state index is 0.187. The van der Waals surface area contributed by atoms with Crippen LogP contribution in [0.4, 0.5) is 0 Å². The molecule has 5 nitrogen and oxygen atoms in total. The second-order valence-electron chi connectivity index (χ2n) is 4.82. The molecule has 1 heterocycles. The fourth-order valence-corrected chi connectivity index (χ4v) is 2.54. The van der Waals surface area contributed by atoms with Crippen molar-refractivity contribution in [2.24, 2.45) is 10.9 Å². The van der Waals surface area contributed by atoms with Crippen LogP contribution >= 0.6 is 11.3 Å². The number of guanidine groups is 1. The Morgan fingerprint density at radius 2 is 2.05 bits per heavy atom. The monoisotopic (exact) mass is 294 g/mol. The molecule has 1 aliphatic carbocycles. The van der Waals surface area contributed by atoms with Crippen LogP contribution in [0.25, 0.3) is 0 Å². The Bertz CT molecular complexity index is 440. The van der Waals surface area contributed by atoms with Crippen LogP contribution in [-0.2, 0) is 11.2 Å². The number of amides is 1. The summed E-state index contributed by atoms with van der Waals surface area (Å²) in [6.45, 7) is 2.19. The van der Waals surface area contributed by atoms with Crippen LogP contribution in [0.5, 0.6) is 0 Å². The summed E-state index contributed by atoms with van der Waals surface area (Å²) in [5, 5.41) is 11.5. The van der Waals surface area contributed by atoms with Crippen molar-refractivity contribution < 1.29 is 4.79 Å². The topological polar surface area (TPSA) is 65.5 Å². The van der Waals surface area contributed by atoms with Crippen molar-refractivity contribution in [3.05, 3.63) is 22.4 Å². The quantitative estimate of drug-likeness (QED) is 0.399. The average molecular weight is 294 g/mol. The van der Waals surface area contributed by atoms with Gasteiger partial charge in [-0.25, -0.2) is 0 Å². The summed E-state index contributed by atoms with van der Waals surface area (Å²) in [5.74, 6) is 1.24. The molecule has 0 spiro atoms. The van der Waals surface area contributed by atoms with Gasteiger partial charge in [-0.05, 0) is 30.7 Å². The summed E-state index contributed by atoms with van der Waals surface area (Å²) in [6.07, 6.45) is 3.09. The SMILES string of the molecule is CN=C(NCCNC(=O)C1CC1)NCCc1cccs1. The molecule has 0 radical (unpaired) electrons. The molecule has 110 valence electrons. The standard InChI is InChI=1S/C14H22N4OS/c1-15-14(17-7-6-12-3-2-10-20-12)18-9-8-16-13(19)11-4-5-11/h2-3,10-11H,4-9H2,1H3,(H,16,19)(H2,15,17,18). The first-order valence-corrected chi connectivity index (χ1v) is 7.92. The van der Waals surface area contributed by atoms with Crippen LogP contribution in [0.3, 0.4) is 0 Å². The number of nitrogens with zero attached hydrogens (tertiary/aromatic N) is 1. The number of hydrogen-bond acceptors (Lipinski definition) is 3. The van der Waals surface area contributed by atoms with Gasteiger partial charge in [0.05, 0.1) is 0 Å². The minimum Gasteiger partial charge on any atom is -0.356 e. The summed E-state index contributed by atoms with van der Waals surface area (Å²) < 4.78 is 0. The Hall–Kier alpha value is -1.56. The van der Waals surface area contributed by atoms with Gasteiger partial charge in [-0.3, -0.25) is 9.79 Å². The summed E-state index contributed by atoms with van der Waals surface area (Å²) in [5.41, 5.74) is 0. The number of aliphatic imine (C=N–C) groups is 1. The van der Waals surface area contributed by atoms with Crippen molar-refractivity contribution in [1.82, 2.24) is 16.0 Å². The van der Waals surface area contributed by atoms with Gasteiger partial charge in [0.1, 0.15) is 0 Å². The van der Waals surface area contributed by atoms with E-state index in [0.29, 0.717) is 13.1 Å². The first-order valence-electron chi connectivity index (χ1n) is 7.04. The van der Waals surface area contributed by atoms with Crippen LogP contribution in [0, 0.1) is 5.92 Å². The van der Waals surface area contributed by atoms with Crippen LogP contribution in [0.1, 0.15) is 17.7 Å². The lowest BCUT2D eigenvalue weighted by atomic mass is 10.3. The van der Waals surface area contributed by atoms with Crippen molar-refractivity contribution >= 4 is 23.2 Å². The molecule has 0 atom stereocenters. The molecule has 20 heavy (non-hydrogen) atoms. The minimum atomic E-state index is 0.187. The van der Waals surface area contributed by atoms with E-state index < -0.39 is 0 Å². The molecule has 1 saturated carbocycles. The van der Waals surface area contributed by atoms with Gasteiger partial charge in [0.15, 0.2) is 5.96 Å². The van der Waals surface area contributed by atoms with Gasteiger partial charge in [-0.15, -0.1) is 11.3 Å². The van der Waals surface area contributed by atoms with E-state index in [9.17, 15) is 4.79 Å². The highest BCUT2D eigenvalue weighted by molar-refractivity contribution is 7.09. The third-order valence-electron chi connectivity index (χ3n) is 3.13. The predicted octanol–water partition coefficient (Wildman–Crippen LogP) is 0.982. The van der Waals surface area contributed by atoms with E-state index in [-0.39, 0.29) is 11.8 Å². The summed E-state index contributed by atoms with van der Waals surface area (Å²) in [4.78, 5) is 17.0. The fraction of sp³-hybridized carbons (Fsp3) is 0.571. The first kappa shape index (κ1) is 14.8. The Labute approximate surface area is 123 Å². The molecule has 2 rings (SSSR count). The maximum atomic E-state index is 11.4. The smallest absolute Gasteiger partial charge is 0.223 e. The molecular formula is C14H22N4OS. The zero-order chi connectivity index (χ0) is 14.2. The number of rotatable bonds is 7. The van der Waals surface area contributed by atoms with Crippen molar-refractivity contribution in [2.75, 3.05) is 26.7 Å². The molecule has 1 aromatic rings. The Morgan fingerprint density at radius 3 is 2.70 bits per heavy atom.